The van der Waals surface area contributed by atoms with Crippen LogP contribution in [-0.4, -0.2) is 6.04 Å². The molecular formula is C7H10ClNO. The van der Waals surface area contributed by atoms with Crippen molar-refractivity contribution >= 4 is 11.6 Å². The maximum Gasteiger partial charge on any atom is 0.193 e. The average molecular weight is 160 g/mol. The molecule has 0 amide bonds. The second kappa shape index (κ2) is 3.08. The van der Waals surface area contributed by atoms with E-state index in [1.165, 1.54) is 0 Å². The van der Waals surface area contributed by atoms with Crippen LogP contribution in [0, 0.1) is 0 Å². The lowest BCUT2D eigenvalue weighted by molar-refractivity contribution is 0.494. The van der Waals surface area contributed by atoms with Crippen molar-refractivity contribution in [3.63, 3.8) is 0 Å². The third-order valence-corrected chi connectivity index (χ3v) is 1.36. The molecule has 56 valence electrons. The van der Waals surface area contributed by atoms with Crippen LogP contribution in [0.4, 0.5) is 0 Å². The largest absolute Gasteiger partial charge is 0.450 e. The molecule has 0 fully saturated rings. The lowest BCUT2D eigenvalue weighted by Crippen LogP contribution is -2.17. The van der Waals surface area contributed by atoms with Crippen molar-refractivity contribution < 1.29 is 4.42 Å². The van der Waals surface area contributed by atoms with Gasteiger partial charge in [0.2, 0.25) is 0 Å². The molecule has 0 spiro atoms. The third kappa shape index (κ3) is 2.05. The summed E-state index contributed by atoms with van der Waals surface area (Å²) in [6.07, 6.45) is 0.743. The Morgan fingerprint density at radius 3 is 2.80 bits per heavy atom. The van der Waals surface area contributed by atoms with E-state index >= 15 is 0 Å². The van der Waals surface area contributed by atoms with Crippen molar-refractivity contribution in [2.75, 3.05) is 0 Å². The maximum absolute atomic E-state index is 5.54. The smallest absolute Gasteiger partial charge is 0.193 e. The molecular weight excluding hydrogens is 150 g/mol. The predicted molar refractivity (Wildman–Crippen MR) is 41.1 cm³/mol. The lowest BCUT2D eigenvalue weighted by Gasteiger charge is -1.98. The monoisotopic (exact) mass is 159 g/mol. The summed E-state index contributed by atoms with van der Waals surface area (Å²) >= 11 is 5.54. The van der Waals surface area contributed by atoms with Gasteiger partial charge in [-0.3, -0.25) is 0 Å². The number of furan rings is 1. The molecule has 2 N–H and O–H groups in total. The maximum atomic E-state index is 5.54. The van der Waals surface area contributed by atoms with E-state index in [2.05, 4.69) is 0 Å². The van der Waals surface area contributed by atoms with Gasteiger partial charge in [0, 0.05) is 12.5 Å². The minimum atomic E-state index is 0.127. The fraction of sp³-hybridized carbons (Fsp3) is 0.429. The summed E-state index contributed by atoms with van der Waals surface area (Å²) < 4.78 is 5.08. The number of hydrogen-bond donors (Lipinski definition) is 1. The molecule has 0 aliphatic rings. The molecule has 1 heterocycles. The van der Waals surface area contributed by atoms with Gasteiger partial charge in [0.15, 0.2) is 5.22 Å². The van der Waals surface area contributed by atoms with Gasteiger partial charge >= 0.3 is 0 Å². The SMILES string of the molecule is C[C@@H](N)Cc1ccc(Cl)o1. The van der Waals surface area contributed by atoms with Crippen LogP contribution >= 0.6 is 11.6 Å². The van der Waals surface area contributed by atoms with Gasteiger partial charge < -0.3 is 10.2 Å². The number of halogens is 1. The minimum absolute atomic E-state index is 0.127. The molecule has 0 bridgehead atoms. The Hall–Kier alpha value is -0.470. The van der Waals surface area contributed by atoms with Crippen molar-refractivity contribution in [3.05, 3.63) is 23.1 Å². The van der Waals surface area contributed by atoms with E-state index in [0.717, 1.165) is 12.2 Å². The van der Waals surface area contributed by atoms with Gasteiger partial charge in [-0.05, 0) is 30.7 Å². The van der Waals surface area contributed by atoms with Crippen LogP contribution in [-0.2, 0) is 6.42 Å². The first kappa shape index (κ1) is 7.63. The zero-order valence-corrected chi connectivity index (χ0v) is 6.56. The average Bonchev–Trinajstić information content (AvgIpc) is 2.13. The van der Waals surface area contributed by atoms with Crippen LogP contribution in [0.5, 0.6) is 0 Å². The Morgan fingerprint density at radius 1 is 1.70 bits per heavy atom. The Labute approximate surface area is 65.0 Å². The van der Waals surface area contributed by atoms with E-state index in [4.69, 9.17) is 21.8 Å². The molecule has 10 heavy (non-hydrogen) atoms. The normalized spacial score (nSPS) is 13.5. The molecule has 2 nitrogen and oxygen atoms in total. The molecule has 1 rings (SSSR count). The summed E-state index contributed by atoms with van der Waals surface area (Å²) in [5, 5.41) is 0.427. The predicted octanol–water partition coefficient (Wildman–Crippen LogP) is 1.82. The highest BCUT2D eigenvalue weighted by Gasteiger charge is 2.01. The Bertz CT molecular complexity index is 207. The zero-order chi connectivity index (χ0) is 7.56. The van der Waals surface area contributed by atoms with Gasteiger partial charge in [-0.25, -0.2) is 0 Å². The number of rotatable bonds is 2. The summed E-state index contributed by atoms with van der Waals surface area (Å²) in [6.45, 7) is 1.93. The van der Waals surface area contributed by atoms with Crippen LogP contribution in [0.15, 0.2) is 16.5 Å². The second-order valence-corrected chi connectivity index (χ2v) is 2.76. The van der Waals surface area contributed by atoms with Crippen LogP contribution < -0.4 is 5.73 Å². The van der Waals surface area contributed by atoms with Gasteiger partial charge in [-0.2, -0.15) is 0 Å². The van der Waals surface area contributed by atoms with E-state index in [1.54, 1.807) is 6.07 Å². The molecule has 1 aromatic rings. The Kier molecular flexibility index (Phi) is 2.35. The van der Waals surface area contributed by atoms with E-state index in [-0.39, 0.29) is 6.04 Å². The molecule has 0 aromatic carbocycles. The summed E-state index contributed by atoms with van der Waals surface area (Å²) in [5.74, 6) is 0.847. The highest BCUT2D eigenvalue weighted by molar-refractivity contribution is 6.28. The van der Waals surface area contributed by atoms with Crippen molar-refractivity contribution in [2.45, 2.75) is 19.4 Å². The molecule has 0 aliphatic carbocycles. The lowest BCUT2D eigenvalue weighted by atomic mass is 10.2. The molecule has 0 saturated carbocycles. The molecule has 0 aliphatic heterocycles. The standard InChI is InChI=1S/C7H10ClNO/c1-5(9)4-6-2-3-7(8)10-6/h2-3,5H,4,9H2,1H3/t5-/m1/s1. The quantitative estimate of drug-likeness (QED) is 0.715. The van der Waals surface area contributed by atoms with Gasteiger partial charge in [-0.15, -0.1) is 0 Å². The molecule has 1 aromatic heterocycles. The van der Waals surface area contributed by atoms with Crippen LogP contribution in [0.25, 0.3) is 0 Å². The van der Waals surface area contributed by atoms with E-state index < -0.39 is 0 Å². The fourth-order valence-electron chi connectivity index (χ4n) is 0.779. The molecule has 3 heteroatoms. The van der Waals surface area contributed by atoms with Crippen LogP contribution in [0.2, 0.25) is 5.22 Å². The van der Waals surface area contributed by atoms with Gasteiger partial charge in [0.05, 0.1) is 0 Å². The minimum Gasteiger partial charge on any atom is -0.450 e. The topological polar surface area (TPSA) is 39.2 Å². The highest BCUT2D eigenvalue weighted by Crippen LogP contribution is 2.13. The molecule has 0 unspecified atom stereocenters. The summed E-state index contributed by atoms with van der Waals surface area (Å²) in [6, 6.07) is 3.69. The molecule has 0 saturated heterocycles. The summed E-state index contributed by atoms with van der Waals surface area (Å²) in [7, 11) is 0. The Morgan fingerprint density at radius 2 is 2.40 bits per heavy atom. The van der Waals surface area contributed by atoms with Gasteiger partial charge in [-0.1, -0.05) is 0 Å². The third-order valence-electron chi connectivity index (χ3n) is 1.15. The van der Waals surface area contributed by atoms with Crippen molar-refractivity contribution in [3.8, 4) is 0 Å². The van der Waals surface area contributed by atoms with E-state index in [0.29, 0.717) is 5.22 Å². The molecule has 0 radical (unpaired) electrons. The van der Waals surface area contributed by atoms with Crippen molar-refractivity contribution in [2.24, 2.45) is 5.73 Å². The van der Waals surface area contributed by atoms with Gasteiger partial charge in [0.1, 0.15) is 5.76 Å². The summed E-state index contributed by atoms with van der Waals surface area (Å²) in [5.41, 5.74) is 5.53. The summed E-state index contributed by atoms with van der Waals surface area (Å²) in [4.78, 5) is 0. The first-order chi connectivity index (χ1) is 4.68. The Balaban J connectivity index is 2.58. The van der Waals surface area contributed by atoms with Crippen molar-refractivity contribution in [1.82, 2.24) is 0 Å². The van der Waals surface area contributed by atoms with Crippen LogP contribution in [0.3, 0.4) is 0 Å². The zero-order valence-electron chi connectivity index (χ0n) is 5.80. The van der Waals surface area contributed by atoms with E-state index in [9.17, 15) is 0 Å². The fourth-order valence-corrected chi connectivity index (χ4v) is 0.941. The second-order valence-electron chi connectivity index (χ2n) is 2.39. The molecule has 1 atom stereocenters. The number of nitrogens with two attached hydrogens (primary N) is 1. The van der Waals surface area contributed by atoms with Crippen molar-refractivity contribution in [1.29, 1.82) is 0 Å². The van der Waals surface area contributed by atoms with Crippen LogP contribution in [0.1, 0.15) is 12.7 Å². The first-order valence-electron chi connectivity index (χ1n) is 3.18. The number of hydrogen-bond acceptors (Lipinski definition) is 2. The highest BCUT2D eigenvalue weighted by atomic mass is 35.5. The van der Waals surface area contributed by atoms with E-state index in [1.807, 2.05) is 13.0 Å². The van der Waals surface area contributed by atoms with Gasteiger partial charge in [0.25, 0.3) is 0 Å². The first-order valence-corrected chi connectivity index (χ1v) is 3.56.